The predicted molar refractivity (Wildman–Crippen MR) is 167 cm³/mol. The zero-order chi connectivity index (χ0) is 26.4. The summed E-state index contributed by atoms with van der Waals surface area (Å²) in [4.78, 5) is 4.32. The number of aromatic nitrogens is 1. The van der Waals surface area contributed by atoms with Gasteiger partial charge in [-0.3, -0.25) is 0 Å². The summed E-state index contributed by atoms with van der Waals surface area (Å²) in [5.74, 6) is 0.675. The van der Waals surface area contributed by atoms with Crippen molar-refractivity contribution in [1.82, 2.24) is 4.98 Å². The summed E-state index contributed by atoms with van der Waals surface area (Å²) in [6.07, 6.45) is 1.70. The molecule has 1 aromatic heterocycles. The molecule has 4 aromatic rings. The molecule has 0 saturated carbocycles. The summed E-state index contributed by atoms with van der Waals surface area (Å²) in [6.45, 7) is 0. The number of thiocarbonyl (C=S) groups is 2. The molecule has 0 amide bonds. The minimum absolute atomic E-state index is 0.341. The van der Waals surface area contributed by atoms with E-state index in [9.17, 15) is 0 Å². The van der Waals surface area contributed by atoms with Crippen LogP contribution in [0, 0.1) is 0 Å². The molecule has 0 aliphatic heterocycles. The lowest BCUT2D eigenvalue weighted by atomic mass is 10.2. The highest BCUT2D eigenvalue weighted by Crippen LogP contribution is 2.27. The van der Waals surface area contributed by atoms with E-state index in [2.05, 4.69) is 31.6 Å². The highest BCUT2D eigenvalue weighted by molar-refractivity contribution is 7.81. The summed E-state index contributed by atoms with van der Waals surface area (Å²) >= 11 is 35.4. The lowest BCUT2D eigenvalue weighted by molar-refractivity contribution is 1.31. The molecule has 0 aliphatic carbocycles. The van der Waals surface area contributed by atoms with E-state index in [1.54, 1.807) is 42.6 Å². The Balaban J connectivity index is 1.54. The van der Waals surface area contributed by atoms with Gasteiger partial charge in [0, 0.05) is 54.7 Å². The molecule has 37 heavy (non-hydrogen) atoms. The second-order valence-electron chi connectivity index (χ2n) is 7.61. The summed E-state index contributed by atoms with van der Waals surface area (Å²) in [5, 5.41) is 18.4. The van der Waals surface area contributed by atoms with Crippen LogP contribution in [0.25, 0.3) is 0 Å². The lowest BCUT2D eigenvalue weighted by Crippen LogP contribution is -2.21. The Kier molecular flexibility index (Phi) is 9.26. The molecule has 3 aromatic carbocycles. The van der Waals surface area contributed by atoms with E-state index in [4.69, 9.17) is 70.8 Å². The van der Waals surface area contributed by atoms with Crippen molar-refractivity contribution in [2.45, 2.75) is 0 Å². The van der Waals surface area contributed by atoms with Crippen molar-refractivity contribution in [2.24, 2.45) is 0 Å². The maximum Gasteiger partial charge on any atom is 0.175 e. The molecule has 4 rings (SSSR count). The van der Waals surface area contributed by atoms with Gasteiger partial charge >= 0.3 is 0 Å². The molecular formula is C25H18Cl4N6S2. The van der Waals surface area contributed by atoms with Crippen LogP contribution in [-0.2, 0) is 0 Å². The van der Waals surface area contributed by atoms with Crippen molar-refractivity contribution >= 4 is 115 Å². The number of halogens is 4. The van der Waals surface area contributed by atoms with E-state index in [0.29, 0.717) is 58.9 Å². The average molecular weight is 608 g/mol. The lowest BCUT2D eigenvalue weighted by Gasteiger charge is -2.16. The van der Waals surface area contributed by atoms with Gasteiger partial charge in [0.25, 0.3) is 0 Å². The maximum absolute atomic E-state index is 6.09. The van der Waals surface area contributed by atoms with Crippen molar-refractivity contribution in [3.8, 4) is 0 Å². The van der Waals surface area contributed by atoms with Gasteiger partial charge in [-0.15, -0.1) is 0 Å². The molecule has 0 radical (unpaired) electrons. The van der Waals surface area contributed by atoms with E-state index in [-0.39, 0.29) is 0 Å². The standard InChI is InChI=1S/C25H18Cl4N6S2/c26-14-5-15(27)8-18(7-14)32-24(36)34-21-11-20(31-23-3-1-2-4-30-23)12-22(13-21)35-25(37)33-19-9-16(28)6-17(29)10-19/h1-13H,(H,30,31)(H2,32,34,36)(H2,33,35,37). The number of nitrogens with one attached hydrogen (secondary N) is 5. The molecule has 0 unspecified atom stereocenters. The average Bonchev–Trinajstić information content (AvgIpc) is 2.78. The number of rotatable bonds is 6. The molecule has 1 heterocycles. The van der Waals surface area contributed by atoms with Crippen molar-refractivity contribution in [2.75, 3.05) is 26.6 Å². The minimum Gasteiger partial charge on any atom is -0.340 e. The molecule has 0 saturated heterocycles. The molecule has 12 heteroatoms. The normalized spacial score (nSPS) is 10.4. The Bertz CT molecular complexity index is 1330. The van der Waals surface area contributed by atoms with Gasteiger partial charge in [-0.25, -0.2) is 4.98 Å². The van der Waals surface area contributed by atoms with Crippen LogP contribution >= 0.6 is 70.8 Å². The Morgan fingerprint density at radius 2 is 0.946 bits per heavy atom. The number of nitrogens with zero attached hydrogens (tertiary/aromatic N) is 1. The highest BCUT2D eigenvalue weighted by atomic mass is 35.5. The van der Waals surface area contributed by atoms with Gasteiger partial charge in [-0.2, -0.15) is 0 Å². The van der Waals surface area contributed by atoms with Crippen LogP contribution in [0.2, 0.25) is 20.1 Å². The fraction of sp³-hybridized carbons (Fsp3) is 0. The van der Waals surface area contributed by atoms with E-state index in [1.165, 1.54) is 0 Å². The fourth-order valence-corrected chi connectivity index (χ4v) is 4.79. The molecule has 0 aliphatic rings. The molecule has 188 valence electrons. The number of pyridine rings is 1. The third-order valence-electron chi connectivity index (χ3n) is 4.63. The Morgan fingerprint density at radius 3 is 1.35 bits per heavy atom. The van der Waals surface area contributed by atoms with Gasteiger partial charge in [0.05, 0.1) is 0 Å². The topological polar surface area (TPSA) is 73.0 Å². The first-order valence-electron chi connectivity index (χ1n) is 10.6. The third kappa shape index (κ3) is 8.60. The van der Waals surface area contributed by atoms with Crippen LogP contribution in [0.15, 0.2) is 79.0 Å². The molecular weight excluding hydrogens is 590 g/mol. The maximum atomic E-state index is 6.09. The van der Waals surface area contributed by atoms with E-state index < -0.39 is 0 Å². The molecule has 5 N–H and O–H groups in total. The van der Waals surface area contributed by atoms with Crippen LogP contribution in [-0.4, -0.2) is 15.2 Å². The quantitative estimate of drug-likeness (QED) is 0.139. The Hall–Kier alpha value is -2.85. The van der Waals surface area contributed by atoms with E-state index in [1.807, 2.05) is 36.4 Å². The summed E-state index contributed by atoms with van der Waals surface area (Å²) < 4.78 is 0. The zero-order valence-corrected chi connectivity index (χ0v) is 23.4. The van der Waals surface area contributed by atoms with Gasteiger partial charge in [0.1, 0.15) is 5.82 Å². The zero-order valence-electron chi connectivity index (χ0n) is 18.8. The van der Waals surface area contributed by atoms with E-state index >= 15 is 0 Å². The molecule has 0 spiro atoms. The number of anilines is 6. The summed E-state index contributed by atoms with van der Waals surface area (Å²) in [5.41, 5.74) is 3.42. The Labute approximate surface area is 244 Å². The molecule has 0 atom stereocenters. The van der Waals surface area contributed by atoms with Crippen LogP contribution < -0.4 is 26.6 Å². The van der Waals surface area contributed by atoms with Crippen molar-refractivity contribution < 1.29 is 0 Å². The van der Waals surface area contributed by atoms with Crippen molar-refractivity contribution in [3.05, 3.63) is 99.1 Å². The van der Waals surface area contributed by atoms with Crippen molar-refractivity contribution in [3.63, 3.8) is 0 Å². The van der Waals surface area contributed by atoms with Gasteiger partial charge in [-0.1, -0.05) is 52.5 Å². The summed E-state index contributed by atoms with van der Waals surface area (Å²) in [6, 6.07) is 21.4. The van der Waals surface area contributed by atoms with Crippen LogP contribution in [0.5, 0.6) is 0 Å². The van der Waals surface area contributed by atoms with Crippen molar-refractivity contribution in [1.29, 1.82) is 0 Å². The fourth-order valence-electron chi connectivity index (χ4n) is 3.27. The first-order chi connectivity index (χ1) is 17.7. The smallest absolute Gasteiger partial charge is 0.175 e. The van der Waals surface area contributed by atoms with Gasteiger partial charge in [0.2, 0.25) is 0 Å². The van der Waals surface area contributed by atoms with E-state index in [0.717, 1.165) is 5.69 Å². The number of hydrogen-bond acceptors (Lipinski definition) is 4. The Morgan fingerprint density at radius 1 is 0.541 bits per heavy atom. The summed E-state index contributed by atoms with van der Waals surface area (Å²) in [7, 11) is 0. The first-order valence-corrected chi connectivity index (χ1v) is 13.0. The monoisotopic (exact) mass is 606 g/mol. The predicted octanol–water partition coefficient (Wildman–Crippen LogP) is 9.06. The SMILES string of the molecule is S=C(Nc1cc(Cl)cc(Cl)c1)Nc1cc(NC(=S)Nc2cc(Cl)cc(Cl)c2)cc(Nc2ccccn2)c1. The minimum atomic E-state index is 0.341. The number of hydrogen-bond donors (Lipinski definition) is 5. The van der Waals surface area contributed by atoms with Crippen LogP contribution in [0.3, 0.4) is 0 Å². The molecule has 0 fully saturated rings. The number of benzene rings is 3. The largest absolute Gasteiger partial charge is 0.340 e. The highest BCUT2D eigenvalue weighted by Gasteiger charge is 2.08. The molecule has 6 nitrogen and oxygen atoms in total. The first kappa shape index (κ1) is 27.2. The second kappa shape index (κ2) is 12.6. The van der Waals surface area contributed by atoms with Gasteiger partial charge in [0.15, 0.2) is 10.2 Å². The van der Waals surface area contributed by atoms with Gasteiger partial charge < -0.3 is 26.6 Å². The third-order valence-corrected chi connectivity index (χ3v) is 5.91. The van der Waals surface area contributed by atoms with Crippen LogP contribution in [0.4, 0.5) is 34.3 Å². The van der Waals surface area contributed by atoms with Crippen LogP contribution in [0.1, 0.15) is 0 Å². The van der Waals surface area contributed by atoms with Gasteiger partial charge in [-0.05, 0) is 91.2 Å². The second-order valence-corrected chi connectivity index (χ2v) is 10.2. The molecule has 0 bridgehead atoms.